The van der Waals surface area contributed by atoms with Crippen LogP contribution in [-0.4, -0.2) is 14.5 Å². The Hall–Kier alpha value is -2.27. The Labute approximate surface area is 137 Å². The summed E-state index contributed by atoms with van der Waals surface area (Å²) in [6, 6.07) is 5.30. The average Bonchev–Trinajstić information content (AvgIpc) is 2.52. The largest absolute Gasteiger partial charge is 0.344 e. The lowest BCUT2D eigenvalue weighted by Gasteiger charge is -2.16. The molecule has 0 bridgehead atoms. The smallest absolute Gasteiger partial charge is 0.223 e. The molecule has 0 fully saturated rings. The summed E-state index contributed by atoms with van der Waals surface area (Å²) in [5.41, 5.74) is 2.06. The van der Waals surface area contributed by atoms with Gasteiger partial charge in [0.2, 0.25) is 5.28 Å². The second kappa shape index (κ2) is 5.74. The summed E-state index contributed by atoms with van der Waals surface area (Å²) in [6.07, 6.45) is 2.86. The SMILES string of the molecule is Cc1cn(C(C)C)c2cc(-c3nc(Cl)ncc3F)ccc2c1=O. The molecule has 0 saturated heterocycles. The maximum Gasteiger partial charge on any atom is 0.223 e. The highest BCUT2D eigenvalue weighted by atomic mass is 35.5. The molecule has 0 aliphatic rings. The Kier molecular flexibility index (Phi) is 3.90. The van der Waals surface area contributed by atoms with Gasteiger partial charge in [0.05, 0.1) is 11.7 Å². The molecule has 0 aliphatic heterocycles. The van der Waals surface area contributed by atoms with Gasteiger partial charge in [-0.15, -0.1) is 0 Å². The van der Waals surface area contributed by atoms with Crippen LogP contribution < -0.4 is 5.43 Å². The first kappa shape index (κ1) is 15.6. The summed E-state index contributed by atoms with van der Waals surface area (Å²) < 4.78 is 16.0. The molecule has 118 valence electrons. The number of hydrogen-bond acceptors (Lipinski definition) is 3. The molecule has 23 heavy (non-hydrogen) atoms. The summed E-state index contributed by atoms with van der Waals surface area (Å²) in [5, 5.41) is 0.578. The lowest BCUT2D eigenvalue weighted by atomic mass is 10.1. The van der Waals surface area contributed by atoms with Crippen molar-refractivity contribution < 1.29 is 4.39 Å². The second-order valence-corrected chi connectivity index (χ2v) is 6.05. The van der Waals surface area contributed by atoms with Crippen LogP contribution in [0.15, 0.2) is 35.4 Å². The first-order chi connectivity index (χ1) is 10.9. The van der Waals surface area contributed by atoms with Crippen LogP contribution >= 0.6 is 11.6 Å². The predicted octanol–water partition coefficient (Wildman–Crippen LogP) is 4.14. The molecule has 2 aromatic heterocycles. The first-order valence-electron chi connectivity index (χ1n) is 7.22. The molecule has 0 saturated carbocycles. The molecule has 0 N–H and O–H groups in total. The molecule has 0 spiro atoms. The van der Waals surface area contributed by atoms with Gasteiger partial charge in [-0.25, -0.2) is 14.4 Å². The summed E-state index contributed by atoms with van der Waals surface area (Å²) in [5.74, 6) is -0.556. The molecule has 3 rings (SSSR count). The molecular formula is C17H15ClFN3O. The highest BCUT2D eigenvalue weighted by Crippen LogP contribution is 2.26. The normalized spacial score (nSPS) is 11.4. The van der Waals surface area contributed by atoms with Gasteiger partial charge in [0.25, 0.3) is 0 Å². The van der Waals surface area contributed by atoms with E-state index < -0.39 is 5.82 Å². The van der Waals surface area contributed by atoms with E-state index in [1.165, 1.54) is 0 Å². The number of aromatic nitrogens is 3. The van der Waals surface area contributed by atoms with Gasteiger partial charge >= 0.3 is 0 Å². The molecule has 4 nitrogen and oxygen atoms in total. The highest BCUT2D eigenvalue weighted by Gasteiger charge is 2.13. The predicted molar refractivity (Wildman–Crippen MR) is 89.3 cm³/mol. The minimum atomic E-state index is -0.556. The number of halogens is 2. The van der Waals surface area contributed by atoms with Gasteiger partial charge in [0.15, 0.2) is 11.2 Å². The summed E-state index contributed by atoms with van der Waals surface area (Å²) in [7, 11) is 0. The van der Waals surface area contributed by atoms with E-state index in [9.17, 15) is 9.18 Å². The Morgan fingerprint density at radius 3 is 2.74 bits per heavy atom. The highest BCUT2D eigenvalue weighted by molar-refractivity contribution is 6.28. The van der Waals surface area contributed by atoms with E-state index in [1.807, 2.05) is 24.6 Å². The summed E-state index contributed by atoms with van der Waals surface area (Å²) in [6.45, 7) is 5.84. The molecule has 0 atom stereocenters. The van der Waals surface area contributed by atoms with Gasteiger partial charge in [-0.1, -0.05) is 6.07 Å². The quantitative estimate of drug-likeness (QED) is 0.663. The standard InChI is InChI=1S/C17H15ClFN3O/c1-9(2)22-8-10(3)16(23)12-5-4-11(6-14(12)22)15-13(19)7-20-17(18)21-15/h4-9H,1-3H3. The fraction of sp³-hybridized carbons (Fsp3) is 0.235. The zero-order valence-corrected chi connectivity index (χ0v) is 13.7. The van der Waals surface area contributed by atoms with Crippen LogP contribution in [0.5, 0.6) is 0 Å². The van der Waals surface area contributed by atoms with Crippen molar-refractivity contribution in [3.63, 3.8) is 0 Å². The van der Waals surface area contributed by atoms with Crippen molar-refractivity contribution in [2.75, 3.05) is 0 Å². The molecular weight excluding hydrogens is 317 g/mol. The van der Waals surface area contributed by atoms with Crippen LogP contribution in [0, 0.1) is 12.7 Å². The third kappa shape index (κ3) is 2.72. The van der Waals surface area contributed by atoms with Crippen LogP contribution in [0.25, 0.3) is 22.2 Å². The van der Waals surface area contributed by atoms with E-state index in [1.54, 1.807) is 25.1 Å². The van der Waals surface area contributed by atoms with Gasteiger partial charge in [0, 0.05) is 28.8 Å². The Balaban J connectivity index is 2.34. The van der Waals surface area contributed by atoms with E-state index >= 15 is 0 Å². The molecule has 3 aromatic rings. The second-order valence-electron chi connectivity index (χ2n) is 5.71. The molecule has 6 heteroatoms. The lowest BCUT2D eigenvalue weighted by Crippen LogP contribution is -2.13. The molecule has 1 aromatic carbocycles. The minimum absolute atomic E-state index is 0.0216. The van der Waals surface area contributed by atoms with E-state index in [4.69, 9.17) is 11.6 Å². The van der Waals surface area contributed by atoms with Crippen molar-refractivity contribution in [1.82, 2.24) is 14.5 Å². The number of rotatable bonds is 2. The average molecular weight is 332 g/mol. The van der Waals surface area contributed by atoms with Crippen LogP contribution in [-0.2, 0) is 0 Å². The fourth-order valence-corrected chi connectivity index (χ4v) is 2.74. The minimum Gasteiger partial charge on any atom is -0.344 e. The van der Waals surface area contributed by atoms with Crippen LogP contribution in [0.4, 0.5) is 4.39 Å². The van der Waals surface area contributed by atoms with Crippen LogP contribution in [0.2, 0.25) is 5.28 Å². The summed E-state index contributed by atoms with van der Waals surface area (Å²) >= 11 is 5.77. The van der Waals surface area contributed by atoms with E-state index in [-0.39, 0.29) is 22.4 Å². The van der Waals surface area contributed by atoms with E-state index in [2.05, 4.69) is 9.97 Å². The van der Waals surface area contributed by atoms with Gasteiger partial charge in [-0.3, -0.25) is 4.79 Å². The van der Waals surface area contributed by atoms with Gasteiger partial charge in [0.1, 0.15) is 5.69 Å². The maximum atomic E-state index is 14.0. The third-order valence-corrected chi connectivity index (χ3v) is 3.94. The van der Waals surface area contributed by atoms with E-state index in [0.29, 0.717) is 16.5 Å². The van der Waals surface area contributed by atoms with Crippen LogP contribution in [0.1, 0.15) is 25.5 Å². The van der Waals surface area contributed by atoms with Gasteiger partial charge in [-0.2, -0.15) is 0 Å². The fourth-order valence-electron chi connectivity index (χ4n) is 2.61. The van der Waals surface area contributed by atoms with Crippen molar-refractivity contribution in [3.05, 3.63) is 57.5 Å². The van der Waals surface area contributed by atoms with Crippen molar-refractivity contribution in [1.29, 1.82) is 0 Å². The molecule has 0 radical (unpaired) electrons. The topological polar surface area (TPSA) is 47.8 Å². The maximum absolute atomic E-state index is 14.0. The van der Waals surface area contributed by atoms with Crippen molar-refractivity contribution in [3.8, 4) is 11.3 Å². The number of nitrogens with zero attached hydrogens (tertiary/aromatic N) is 3. The Bertz CT molecular complexity index is 966. The molecule has 0 aliphatic carbocycles. The van der Waals surface area contributed by atoms with Crippen molar-refractivity contribution in [2.24, 2.45) is 0 Å². The lowest BCUT2D eigenvalue weighted by molar-refractivity contribution is 0.614. The monoisotopic (exact) mass is 331 g/mol. The van der Waals surface area contributed by atoms with Crippen LogP contribution in [0.3, 0.4) is 0 Å². The Morgan fingerprint density at radius 1 is 1.30 bits per heavy atom. The third-order valence-electron chi connectivity index (χ3n) is 3.76. The van der Waals surface area contributed by atoms with Crippen molar-refractivity contribution in [2.45, 2.75) is 26.8 Å². The Morgan fingerprint density at radius 2 is 2.04 bits per heavy atom. The summed E-state index contributed by atoms with van der Waals surface area (Å²) in [4.78, 5) is 19.9. The number of pyridine rings is 1. The molecule has 0 unspecified atom stereocenters. The van der Waals surface area contributed by atoms with E-state index in [0.717, 1.165) is 11.7 Å². The van der Waals surface area contributed by atoms with Crippen molar-refractivity contribution >= 4 is 22.5 Å². The molecule has 0 amide bonds. The zero-order valence-electron chi connectivity index (χ0n) is 13.0. The number of aryl methyl sites for hydroxylation is 1. The first-order valence-corrected chi connectivity index (χ1v) is 7.60. The zero-order chi connectivity index (χ0) is 16.7. The number of fused-ring (bicyclic) bond motifs is 1. The molecule has 2 heterocycles. The number of hydrogen-bond donors (Lipinski definition) is 0. The van der Waals surface area contributed by atoms with Gasteiger partial charge < -0.3 is 4.57 Å². The van der Waals surface area contributed by atoms with Gasteiger partial charge in [-0.05, 0) is 44.5 Å². The number of benzene rings is 1.